The Labute approximate surface area is 318 Å². The average Bonchev–Trinajstić information content (AvgIpc) is 3.30. The Kier molecular flexibility index (Phi) is 10.4. The number of Topliss-reactive ketones (excluding diaryl/α,β-unsaturated/α-hetero) is 1. The van der Waals surface area contributed by atoms with Gasteiger partial charge in [-0.25, -0.2) is 0 Å². The summed E-state index contributed by atoms with van der Waals surface area (Å²) in [6, 6.07) is 0. The Balaban J connectivity index is 1.13. The number of ether oxygens (including phenoxy) is 5. The van der Waals surface area contributed by atoms with E-state index in [9.17, 15) is 40.2 Å². The number of fused-ring (bicyclic) bond motifs is 5. The quantitative estimate of drug-likeness (QED) is 0.215. The summed E-state index contributed by atoms with van der Waals surface area (Å²) in [4.78, 5) is 28.4. The summed E-state index contributed by atoms with van der Waals surface area (Å²) >= 11 is 0. The van der Waals surface area contributed by atoms with E-state index in [-0.39, 0.29) is 49.0 Å². The molecule has 18 atom stereocenters. The number of carbonyl (C=O) groups is 2. The summed E-state index contributed by atoms with van der Waals surface area (Å²) < 4.78 is 30.2. The zero-order valence-corrected chi connectivity index (χ0v) is 32.9. The summed E-state index contributed by atoms with van der Waals surface area (Å²) in [5.41, 5.74) is -1.22. The van der Waals surface area contributed by atoms with Crippen LogP contribution in [0.2, 0.25) is 0 Å². The van der Waals surface area contributed by atoms with E-state index in [4.69, 9.17) is 23.7 Å². The molecule has 7 rings (SSSR count). The Morgan fingerprint density at radius 2 is 1.54 bits per heavy atom. The fraction of sp³-hybridized carbons (Fsp3) is 0.854. The molecule has 5 fully saturated rings. The van der Waals surface area contributed by atoms with E-state index in [1.165, 1.54) is 6.92 Å². The molecule has 304 valence electrons. The summed E-state index contributed by atoms with van der Waals surface area (Å²) in [6.07, 6.45) is -6.82. The van der Waals surface area contributed by atoms with E-state index >= 15 is 0 Å². The van der Waals surface area contributed by atoms with Crippen LogP contribution in [0.1, 0.15) is 87.5 Å². The lowest BCUT2D eigenvalue weighted by Crippen LogP contribution is -2.64. The van der Waals surface area contributed by atoms with Gasteiger partial charge in [-0.15, -0.1) is 0 Å². The van der Waals surface area contributed by atoms with Gasteiger partial charge in [-0.2, -0.15) is 0 Å². The second-order valence-corrected chi connectivity index (χ2v) is 19.0. The third kappa shape index (κ3) is 5.93. The predicted octanol–water partition coefficient (Wildman–Crippen LogP) is 2.17. The van der Waals surface area contributed by atoms with Gasteiger partial charge in [0.05, 0.1) is 37.4 Å². The van der Waals surface area contributed by atoms with Gasteiger partial charge in [0.1, 0.15) is 48.2 Å². The fourth-order valence-electron chi connectivity index (χ4n) is 12.1. The van der Waals surface area contributed by atoms with Crippen LogP contribution in [0.25, 0.3) is 0 Å². The van der Waals surface area contributed by atoms with Crippen molar-refractivity contribution < 1.29 is 63.9 Å². The summed E-state index contributed by atoms with van der Waals surface area (Å²) in [7, 11) is 0. The molecule has 54 heavy (non-hydrogen) atoms. The maximum Gasteiger partial charge on any atom is 0.187 e. The minimum Gasteiger partial charge on any atom is -0.497 e. The van der Waals surface area contributed by atoms with Gasteiger partial charge in [-0.3, -0.25) is 9.59 Å². The molecule has 0 radical (unpaired) electrons. The van der Waals surface area contributed by atoms with E-state index < -0.39 is 101 Å². The van der Waals surface area contributed by atoms with Crippen molar-refractivity contribution in [3.63, 3.8) is 0 Å². The molecular weight excluding hydrogens is 700 g/mol. The normalized spacial score (nSPS) is 51.8. The van der Waals surface area contributed by atoms with Crippen molar-refractivity contribution in [1.82, 2.24) is 0 Å². The molecule has 3 saturated carbocycles. The standard InChI is InChI=1S/C41H62O13/c1-18(2)26-13-23(42)20(16-50-26)30-24(43)14-39(6)27-11-9-21-22(41(27,8)28(45)15-40(30,39)7)10-12-29(38(21,4)5)53-37-35(32(47)25(44)17-51-37)54-36-34(49)33(48)31(46)19(3)52-36/h9,13,18-20,22,24-25,27,29-37,43-44,46-49H,10-12,14-17H2,1-8H3/t19-,20+,22+,24+,25+,27-,29+,30-,31-,32-,33+,34+,35+,36-,37-,39-,40+,41-/m0/s1. The lowest BCUT2D eigenvalue weighted by molar-refractivity contribution is -0.360. The number of aliphatic hydroxyl groups excluding tert-OH is 6. The van der Waals surface area contributed by atoms with Gasteiger partial charge in [0.2, 0.25) is 0 Å². The Morgan fingerprint density at radius 1 is 0.833 bits per heavy atom. The van der Waals surface area contributed by atoms with Crippen LogP contribution in [0, 0.1) is 51.2 Å². The van der Waals surface area contributed by atoms with Crippen LogP contribution in [-0.4, -0.2) is 123 Å². The molecule has 0 spiro atoms. The number of rotatable bonds is 6. The van der Waals surface area contributed by atoms with Gasteiger partial charge >= 0.3 is 0 Å². The molecule has 0 aromatic heterocycles. The first kappa shape index (κ1) is 40.4. The van der Waals surface area contributed by atoms with Crippen LogP contribution in [0.3, 0.4) is 0 Å². The molecule has 6 N–H and O–H groups in total. The van der Waals surface area contributed by atoms with E-state index in [2.05, 4.69) is 40.7 Å². The van der Waals surface area contributed by atoms with Gasteiger partial charge in [0, 0.05) is 35.2 Å². The van der Waals surface area contributed by atoms with E-state index in [0.29, 0.717) is 31.4 Å². The van der Waals surface area contributed by atoms with Crippen molar-refractivity contribution in [3.05, 3.63) is 23.5 Å². The molecule has 2 saturated heterocycles. The van der Waals surface area contributed by atoms with Crippen LogP contribution >= 0.6 is 0 Å². The summed E-state index contributed by atoms with van der Waals surface area (Å²) in [5.74, 6) is -0.197. The predicted molar refractivity (Wildman–Crippen MR) is 192 cm³/mol. The molecule has 0 unspecified atom stereocenters. The second-order valence-electron chi connectivity index (χ2n) is 19.0. The van der Waals surface area contributed by atoms with Crippen molar-refractivity contribution in [2.45, 2.75) is 155 Å². The molecule has 3 aliphatic heterocycles. The third-order valence-corrected chi connectivity index (χ3v) is 15.6. The number of aliphatic hydroxyl groups is 6. The van der Waals surface area contributed by atoms with Crippen molar-refractivity contribution >= 4 is 11.6 Å². The Morgan fingerprint density at radius 3 is 2.20 bits per heavy atom. The largest absolute Gasteiger partial charge is 0.497 e. The topological polar surface area (TPSA) is 202 Å². The molecule has 0 aromatic rings. The van der Waals surface area contributed by atoms with Gasteiger partial charge in [-0.05, 0) is 55.3 Å². The zero-order valence-electron chi connectivity index (χ0n) is 32.9. The van der Waals surface area contributed by atoms with Crippen LogP contribution < -0.4 is 0 Å². The molecule has 0 aromatic carbocycles. The first-order chi connectivity index (χ1) is 25.2. The van der Waals surface area contributed by atoms with Gasteiger partial charge in [0.25, 0.3) is 0 Å². The van der Waals surface area contributed by atoms with E-state index in [1.54, 1.807) is 6.08 Å². The fourth-order valence-corrected chi connectivity index (χ4v) is 12.1. The number of carbonyl (C=O) groups excluding carboxylic acids is 2. The summed E-state index contributed by atoms with van der Waals surface area (Å²) in [6.45, 7) is 16.1. The molecule has 13 heteroatoms. The second kappa shape index (κ2) is 14.0. The highest BCUT2D eigenvalue weighted by atomic mass is 16.8. The maximum atomic E-state index is 14.8. The smallest absolute Gasteiger partial charge is 0.187 e. The molecule has 0 amide bonds. The molecule has 7 aliphatic rings. The highest BCUT2D eigenvalue weighted by Crippen LogP contribution is 2.74. The number of hydrogen-bond acceptors (Lipinski definition) is 13. The maximum absolute atomic E-state index is 14.8. The van der Waals surface area contributed by atoms with E-state index in [1.807, 2.05) is 13.8 Å². The minimum atomic E-state index is -1.63. The lowest BCUT2D eigenvalue weighted by atomic mass is 9.38. The van der Waals surface area contributed by atoms with E-state index in [0.717, 1.165) is 5.57 Å². The monoisotopic (exact) mass is 762 g/mol. The molecule has 4 aliphatic carbocycles. The average molecular weight is 763 g/mol. The molecule has 0 bridgehead atoms. The number of allylic oxidation sites excluding steroid dienone is 3. The Hall–Kier alpha value is -1.78. The van der Waals surface area contributed by atoms with Crippen molar-refractivity contribution in [1.29, 1.82) is 0 Å². The zero-order chi connectivity index (χ0) is 39.4. The van der Waals surface area contributed by atoms with Crippen molar-refractivity contribution in [3.8, 4) is 0 Å². The highest BCUT2D eigenvalue weighted by Gasteiger charge is 2.73. The first-order valence-electron chi connectivity index (χ1n) is 20.0. The molecular formula is C41H62O13. The summed E-state index contributed by atoms with van der Waals surface area (Å²) in [5, 5.41) is 64.5. The highest BCUT2D eigenvalue weighted by molar-refractivity contribution is 5.94. The van der Waals surface area contributed by atoms with Crippen molar-refractivity contribution in [2.75, 3.05) is 13.2 Å². The molecule has 3 heterocycles. The van der Waals surface area contributed by atoms with Crippen LogP contribution in [0.5, 0.6) is 0 Å². The Bertz CT molecular complexity index is 1540. The van der Waals surface area contributed by atoms with Gasteiger partial charge in [-0.1, -0.05) is 60.1 Å². The van der Waals surface area contributed by atoms with Gasteiger partial charge < -0.3 is 54.3 Å². The van der Waals surface area contributed by atoms with Crippen LogP contribution in [-0.2, 0) is 33.3 Å². The van der Waals surface area contributed by atoms with Gasteiger partial charge in [0.15, 0.2) is 18.4 Å². The number of hydrogen-bond donors (Lipinski definition) is 6. The van der Waals surface area contributed by atoms with Crippen LogP contribution in [0.4, 0.5) is 0 Å². The molecule has 13 nitrogen and oxygen atoms in total. The van der Waals surface area contributed by atoms with Crippen molar-refractivity contribution in [2.24, 2.45) is 51.2 Å². The first-order valence-corrected chi connectivity index (χ1v) is 20.0. The lowest BCUT2D eigenvalue weighted by Gasteiger charge is -2.64. The third-order valence-electron chi connectivity index (χ3n) is 15.6. The minimum absolute atomic E-state index is 0.0313. The van der Waals surface area contributed by atoms with Crippen LogP contribution in [0.15, 0.2) is 23.5 Å². The SMILES string of the molecule is CC(C)C1=CC(=O)[C@H]([C@H]2[C@H](O)C[C@@]3(C)[C@@H]4CC=C5[C@@H](CC[C@@H](O[C@@H]6OC[C@@H](O)[C@H](O)[C@H]6O[C@@H]6O[C@@H](C)[C@H](O)[C@@H](O)[C@H]6O)C5(C)C)[C@]4(C)C(=O)C[C@]23C)CO1. The number of ketones is 2.